The first-order chi connectivity index (χ1) is 7.63. The molecule has 1 fully saturated rings. The van der Waals surface area contributed by atoms with Crippen LogP contribution in [0.3, 0.4) is 0 Å². The van der Waals surface area contributed by atoms with E-state index in [-0.39, 0.29) is 0 Å². The molecule has 0 spiro atoms. The molecule has 2 atom stereocenters. The molecule has 0 bridgehead atoms. The van der Waals surface area contributed by atoms with Gasteiger partial charge in [0.05, 0.1) is 12.7 Å². The van der Waals surface area contributed by atoms with Crippen LogP contribution < -0.4 is 5.73 Å². The molecule has 0 aliphatic carbocycles. The molecule has 1 rings (SSSR count). The molecule has 0 aromatic heterocycles. The largest absolute Gasteiger partial charge is 0.375 e. The summed E-state index contributed by atoms with van der Waals surface area (Å²) in [6.07, 6.45) is 1.46. The number of hydrogen-bond donors (Lipinski definition) is 1. The smallest absolute Gasteiger partial charge is 0.0792 e. The molecule has 1 aliphatic heterocycles. The lowest BCUT2D eigenvalue weighted by molar-refractivity contribution is -0.0265. The molecule has 2 N–H and O–H groups in total. The van der Waals surface area contributed by atoms with Crippen LogP contribution >= 0.6 is 11.8 Å². The zero-order chi connectivity index (χ0) is 12.0. The van der Waals surface area contributed by atoms with Crippen LogP contribution in [0.1, 0.15) is 27.2 Å². The van der Waals surface area contributed by atoms with Crippen LogP contribution in [-0.4, -0.2) is 54.3 Å². The van der Waals surface area contributed by atoms with Crippen molar-refractivity contribution in [1.82, 2.24) is 4.90 Å². The fourth-order valence-corrected chi connectivity index (χ4v) is 2.92. The second kappa shape index (κ2) is 7.54. The minimum absolute atomic E-state index is 0.342. The van der Waals surface area contributed by atoms with Gasteiger partial charge in [-0.3, -0.25) is 4.90 Å². The van der Waals surface area contributed by atoms with E-state index in [1.54, 1.807) is 0 Å². The lowest BCUT2D eigenvalue weighted by Crippen LogP contribution is -2.46. The van der Waals surface area contributed by atoms with Gasteiger partial charge in [0.1, 0.15) is 0 Å². The van der Waals surface area contributed by atoms with Gasteiger partial charge in [-0.25, -0.2) is 0 Å². The van der Waals surface area contributed by atoms with Crippen molar-refractivity contribution in [2.45, 2.75) is 45.4 Å². The fourth-order valence-electron chi connectivity index (χ4n) is 1.78. The Kier molecular flexibility index (Phi) is 6.73. The highest BCUT2D eigenvalue weighted by Crippen LogP contribution is 2.14. The number of ether oxygens (including phenoxy) is 1. The zero-order valence-corrected chi connectivity index (χ0v) is 11.6. The standard InChI is InChI=1S/C12H26N2OS/c1-4-11(13)8-16-9-12-7-14(10(2)3)5-6-15-12/h10-12H,4-9,13H2,1-3H3. The van der Waals surface area contributed by atoms with Crippen molar-refractivity contribution in [3.8, 4) is 0 Å². The van der Waals surface area contributed by atoms with Crippen molar-refractivity contribution in [1.29, 1.82) is 0 Å². The average molecular weight is 246 g/mol. The molecular weight excluding hydrogens is 220 g/mol. The minimum Gasteiger partial charge on any atom is -0.375 e. The van der Waals surface area contributed by atoms with E-state index in [1.807, 2.05) is 11.8 Å². The van der Waals surface area contributed by atoms with Crippen molar-refractivity contribution in [2.24, 2.45) is 5.73 Å². The monoisotopic (exact) mass is 246 g/mol. The van der Waals surface area contributed by atoms with Gasteiger partial charge in [0.15, 0.2) is 0 Å². The quantitative estimate of drug-likeness (QED) is 0.772. The molecule has 4 heteroatoms. The highest BCUT2D eigenvalue weighted by atomic mass is 32.2. The first-order valence-electron chi connectivity index (χ1n) is 6.32. The van der Waals surface area contributed by atoms with Crippen molar-refractivity contribution in [2.75, 3.05) is 31.2 Å². The van der Waals surface area contributed by atoms with E-state index in [4.69, 9.17) is 10.5 Å². The summed E-state index contributed by atoms with van der Waals surface area (Å²) in [5, 5.41) is 0. The van der Waals surface area contributed by atoms with E-state index in [2.05, 4.69) is 25.7 Å². The lowest BCUT2D eigenvalue weighted by atomic mass is 10.2. The van der Waals surface area contributed by atoms with Crippen LogP contribution in [0.25, 0.3) is 0 Å². The molecule has 16 heavy (non-hydrogen) atoms. The Morgan fingerprint density at radius 2 is 2.25 bits per heavy atom. The van der Waals surface area contributed by atoms with Crippen LogP contribution in [0.4, 0.5) is 0 Å². The minimum atomic E-state index is 0.342. The average Bonchev–Trinajstić information content (AvgIpc) is 2.29. The summed E-state index contributed by atoms with van der Waals surface area (Å²) in [7, 11) is 0. The molecule has 0 aromatic rings. The van der Waals surface area contributed by atoms with E-state index in [0.717, 1.165) is 37.6 Å². The third-order valence-electron chi connectivity index (χ3n) is 3.06. The van der Waals surface area contributed by atoms with Crippen molar-refractivity contribution in [3.05, 3.63) is 0 Å². The van der Waals surface area contributed by atoms with Gasteiger partial charge in [0, 0.05) is 36.7 Å². The van der Waals surface area contributed by atoms with Gasteiger partial charge in [-0.2, -0.15) is 11.8 Å². The van der Waals surface area contributed by atoms with Gasteiger partial charge in [-0.1, -0.05) is 6.92 Å². The second-order valence-corrected chi connectivity index (χ2v) is 5.86. The summed E-state index contributed by atoms with van der Waals surface area (Å²) >= 11 is 1.93. The van der Waals surface area contributed by atoms with Crippen LogP contribution in [0.2, 0.25) is 0 Å². The third kappa shape index (κ3) is 5.04. The molecule has 0 amide bonds. The molecular formula is C12H26N2OS. The number of nitrogens with zero attached hydrogens (tertiary/aromatic N) is 1. The normalized spacial score (nSPS) is 24.9. The lowest BCUT2D eigenvalue weighted by Gasteiger charge is -2.35. The molecule has 96 valence electrons. The Morgan fingerprint density at radius 3 is 2.88 bits per heavy atom. The van der Waals surface area contributed by atoms with Crippen LogP contribution in [0.15, 0.2) is 0 Å². The third-order valence-corrected chi connectivity index (χ3v) is 4.33. The molecule has 1 aliphatic rings. The van der Waals surface area contributed by atoms with Gasteiger partial charge >= 0.3 is 0 Å². The molecule has 1 heterocycles. The summed E-state index contributed by atoms with van der Waals surface area (Å²) < 4.78 is 5.77. The number of thioether (sulfide) groups is 1. The summed E-state index contributed by atoms with van der Waals surface area (Å²) in [5.74, 6) is 2.13. The van der Waals surface area contributed by atoms with Crippen LogP contribution in [0, 0.1) is 0 Å². The first-order valence-corrected chi connectivity index (χ1v) is 7.48. The maximum absolute atomic E-state index is 5.89. The van der Waals surface area contributed by atoms with Crippen molar-refractivity contribution < 1.29 is 4.74 Å². The highest BCUT2D eigenvalue weighted by molar-refractivity contribution is 7.99. The van der Waals surface area contributed by atoms with E-state index in [9.17, 15) is 0 Å². The number of rotatable bonds is 6. The van der Waals surface area contributed by atoms with Crippen LogP contribution in [0.5, 0.6) is 0 Å². The SMILES string of the molecule is CCC(N)CSCC1CN(C(C)C)CCO1. The fraction of sp³-hybridized carbons (Fsp3) is 1.00. The molecule has 3 nitrogen and oxygen atoms in total. The maximum atomic E-state index is 5.89. The van der Waals surface area contributed by atoms with Crippen LogP contribution in [-0.2, 0) is 4.74 Å². The summed E-state index contributed by atoms with van der Waals surface area (Å²) in [4.78, 5) is 2.49. The molecule has 1 saturated heterocycles. The van der Waals surface area contributed by atoms with E-state index in [1.165, 1.54) is 0 Å². The van der Waals surface area contributed by atoms with Gasteiger partial charge in [-0.15, -0.1) is 0 Å². The molecule has 0 saturated carbocycles. The topological polar surface area (TPSA) is 38.5 Å². The van der Waals surface area contributed by atoms with E-state index >= 15 is 0 Å². The predicted molar refractivity (Wildman–Crippen MR) is 72.0 cm³/mol. The molecule has 2 unspecified atom stereocenters. The summed E-state index contributed by atoms with van der Waals surface area (Å²) in [6, 6.07) is 0.976. The number of nitrogens with two attached hydrogens (primary N) is 1. The van der Waals surface area contributed by atoms with Gasteiger partial charge < -0.3 is 10.5 Å². The zero-order valence-electron chi connectivity index (χ0n) is 10.8. The highest BCUT2D eigenvalue weighted by Gasteiger charge is 2.21. The van der Waals surface area contributed by atoms with Crippen molar-refractivity contribution >= 4 is 11.8 Å². The Balaban J connectivity index is 2.17. The van der Waals surface area contributed by atoms with Gasteiger partial charge in [0.2, 0.25) is 0 Å². The van der Waals surface area contributed by atoms with E-state index < -0.39 is 0 Å². The van der Waals surface area contributed by atoms with Gasteiger partial charge in [0.25, 0.3) is 0 Å². The number of morpholine rings is 1. The van der Waals surface area contributed by atoms with E-state index in [0.29, 0.717) is 18.2 Å². The predicted octanol–water partition coefficient (Wildman–Crippen LogP) is 1.57. The molecule has 0 radical (unpaired) electrons. The summed E-state index contributed by atoms with van der Waals surface area (Å²) in [5.41, 5.74) is 5.89. The molecule has 0 aromatic carbocycles. The van der Waals surface area contributed by atoms with Gasteiger partial charge in [-0.05, 0) is 20.3 Å². The second-order valence-electron chi connectivity index (χ2n) is 4.79. The Labute approximate surface area is 104 Å². The Morgan fingerprint density at radius 1 is 1.50 bits per heavy atom. The van der Waals surface area contributed by atoms with Crippen molar-refractivity contribution in [3.63, 3.8) is 0 Å². The Hall–Kier alpha value is 0.230. The first kappa shape index (κ1) is 14.3. The Bertz CT molecular complexity index is 190. The summed E-state index contributed by atoms with van der Waals surface area (Å²) in [6.45, 7) is 9.68. The maximum Gasteiger partial charge on any atom is 0.0792 e. The number of hydrogen-bond acceptors (Lipinski definition) is 4.